The van der Waals surface area contributed by atoms with Gasteiger partial charge in [-0.1, -0.05) is 30.3 Å². The van der Waals surface area contributed by atoms with Crippen molar-refractivity contribution in [1.82, 2.24) is 0 Å². The van der Waals surface area contributed by atoms with Crippen LogP contribution in [0.3, 0.4) is 0 Å². The summed E-state index contributed by atoms with van der Waals surface area (Å²) in [5, 5.41) is 5.21. The highest BCUT2D eigenvalue weighted by Crippen LogP contribution is 2.49. The molecule has 2 amide bonds. The lowest BCUT2D eigenvalue weighted by atomic mass is 9.95. The molecule has 1 fully saturated rings. The zero-order valence-corrected chi connectivity index (χ0v) is 15.6. The van der Waals surface area contributed by atoms with Crippen LogP contribution in [0.5, 0.6) is 0 Å². The summed E-state index contributed by atoms with van der Waals surface area (Å²) in [5.41, 5.74) is 0.104. The molecule has 1 aliphatic rings. The minimum absolute atomic E-state index is 0.0494. The third-order valence-corrected chi connectivity index (χ3v) is 4.37. The average Bonchev–Trinajstić information content (AvgIpc) is 3.39. The van der Waals surface area contributed by atoms with E-state index in [1.165, 1.54) is 18.2 Å². The van der Waals surface area contributed by atoms with Crippen LogP contribution in [0.4, 0.5) is 20.6 Å². The highest BCUT2D eigenvalue weighted by atomic mass is 19.1. The van der Waals surface area contributed by atoms with Crippen molar-refractivity contribution in [2.24, 2.45) is 0 Å². The Morgan fingerprint density at radius 1 is 1.04 bits per heavy atom. The monoisotopic (exact) mass is 370 g/mol. The molecule has 1 saturated carbocycles. The first-order valence-electron chi connectivity index (χ1n) is 8.86. The SMILES string of the molecule is CC(C)(C)OC(=O)Nc1cc(NC(=O)C2(c3ccccc3)CC2)ccc1F. The second kappa shape index (κ2) is 7.02. The smallest absolute Gasteiger partial charge is 0.412 e. The number of amides is 2. The molecule has 0 heterocycles. The fraction of sp³-hybridized carbons (Fsp3) is 0.333. The van der Waals surface area contributed by atoms with Gasteiger partial charge in [-0.05, 0) is 57.4 Å². The standard InChI is InChI=1S/C21H23FN2O3/c1-20(2,3)27-19(26)24-17-13-15(9-10-16(17)22)23-18(25)21(11-12-21)14-7-5-4-6-8-14/h4-10,13H,11-12H2,1-3H3,(H,23,25)(H,24,26). The molecule has 5 nitrogen and oxygen atoms in total. The number of hydrogen-bond acceptors (Lipinski definition) is 3. The van der Waals surface area contributed by atoms with Gasteiger partial charge in [-0.3, -0.25) is 10.1 Å². The van der Waals surface area contributed by atoms with Crippen LogP contribution in [0.2, 0.25) is 0 Å². The van der Waals surface area contributed by atoms with Gasteiger partial charge in [0.25, 0.3) is 0 Å². The number of rotatable bonds is 4. The predicted octanol–water partition coefficient (Wildman–Crippen LogP) is 4.84. The summed E-state index contributed by atoms with van der Waals surface area (Å²) in [4.78, 5) is 24.7. The van der Waals surface area contributed by atoms with Crippen molar-refractivity contribution in [3.63, 3.8) is 0 Å². The highest BCUT2D eigenvalue weighted by Gasteiger charge is 2.51. The van der Waals surface area contributed by atoms with Crippen molar-refractivity contribution in [1.29, 1.82) is 0 Å². The number of benzene rings is 2. The molecule has 1 aliphatic carbocycles. The van der Waals surface area contributed by atoms with Crippen molar-refractivity contribution in [2.45, 2.75) is 44.6 Å². The molecule has 3 rings (SSSR count). The predicted molar refractivity (Wildman–Crippen MR) is 102 cm³/mol. The summed E-state index contributed by atoms with van der Waals surface area (Å²) in [6, 6.07) is 13.6. The van der Waals surface area contributed by atoms with Crippen LogP contribution in [0.25, 0.3) is 0 Å². The van der Waals surface area contributed by atoms with Crippen molar-refractivity contribution >= 4 is 23.4 Å². The van der Waals surface area contributed by atoms with E-state index >= 15 is 0 Å². The molecule has 0 radical (unpaired) electrons. The van der Waals surface area contributed by atoms with Gasteiger partial charge in [0.05, 0.1) is 11.1 Å². The zero-order valence-electron chi connectivity index (χ0n) is 15.6. The Balaban J connectivity index is 1.73. The van der Waals surface area contributed by atoms with E-state index in [0.717, 1.165) is 18.4 Å². The number of halogens is 1. The maximum Gasteiger partial charge on any atom is 0.412 e. The number of nitrogens with one attached hydrogen (secondary N) is 2. The molecule has 0 unspecified atom stereocenters. The van der Waals surface area contributed by atoms with E-state index in [9.17, 15) is 14.0 Å². The fourth-order valence-electron chi connectivity index (χ4n) is 2.89. The van der Waals surface area contributed by atoms with Crippen LogP contribution in [-0.2, 0) is 14.9 Å². The van der Waals surface area contributed by atoms with Gasteiger partial charge in [0.15, 0.2) is 0 Å². The van der Waals surface area contributed by atoms with E-state index in [-0.39, 0.29) is 11.6 Å². The van der Waals surface area contributed by atoms with Crippen LogP contribution in [0.15, 0.2) is 48.5 Å². The van der Waals surface area contributed by atoms with Crippen LogP contribution < -0.4 is 10.6 Å². The molecule has 27 heavy (non-hydrogen) atoms. The first-order chi connectivity index (χ1) is 12.7. The minimum atomic E-state index is -0.757. The van der Waals surface area contributed by atoms with Crippen LogP contribution in [0.1, 0.15) is 39.2 Å². The van der Waals surface area contributed by atoms with E-state index in [2.05, 4.69) is 10.6 Å². The number of carbonyl (C=O) groups excluding carboxylic acids is 2. The minimum Gasteiger partial charge on any atom is -0.444 e. The molecule has 0 spiro atoms. The summed E-state index contributed by atoms with van der Waals surface area (Å²) >= 11 is 0. The Hall–Kier alpha value is -2.89. The van der Waals surface area contributed by atoms with E-state index in [1.807, 2.05) is 30.3 Å². The number of anilines is 2. The van der Waals surface area contributed by atoms with Gasteiger partial charge in [-0.2, -0.15) is 0 Å². The summed E-state index contributed by atoms with van der Waals surface area (Å²) in [6.07, 6.45) is 0.785. The zero-order chi connectivity index (χ0) is 19.7. The van der Waals surface area contributed by atoms with E-state index in [0.29, 0.717) is 5.69 Å². The Labute approximate surface area is 157 Å². The maximum absolute atomic E-state index is 14.0. The molecule has 2 N–H and O–H groups in total. The number of hydrogen-bond donors (Lipinski definition) is 2. The molecule has 6 heteroatoms. The normalized spacial score (nSPS) is 15.0. The fourth-order valence-corrected chi connectivity index (χ4v) is 2.89. The molecular formula is C21H23FN2O3. The largest absolute Gasteiger partial charge is 0.444 e. The summed E-state index contributed by atoms with van der Waals surface area (Å²) in [6.45, 7) is 5.16. The third-order valence-electron chi connectivity index (χ3n) is 4.37. The van der Waals surface area contributed by atoms with Gasteiger partial charge in [0.1, 0.15) is 11.4 Å². The van der Waals surface area contributed by atoms with Gasteiger partial charge in [-0.25, -0.2) is 9.18 Å². The first kappa shape index (κ1) is 18.9. The summed E-state index contributed by atoms with van der Waals surface area (Å²) < 4.78 is 19.2. The number of carbonyl (C=O) groups is 2. The Bertz CT molecular complexity index is 855. The molecule has 2 aromatic carbocycles. The van der Waals surface area contributed by atoms with Crippen molar-refractivity contribution in [3.8, 4) is 0 Å². The lowest BCUT2D eigenvalue weighted by molar-refractivity contribution is -0.118. The molecule has 0 aliphatic heterocycles. The molecular weight excluding hydrogens is 347 g/mol. The number of ether oxygens (including phenoxy) is 1. The molecule has 0 bridgehead atoms. The van der Waals surface area contributed by atoms with Crippen LogP contribution in [-0.4, -0.2) is 17.6 Å². The van der Waals surface area contributed by atoms with Crippen molar-refractivity contribution in [3.05, 3.63) is 59.9 Å². The Morgan fingerprint density at radius 3 is 2.30 bits per heavy atom. The van der Waals surface area contributed by atoms with Gasteiger partial charge in [0.2, 0.25) is 5.91 Å². The quantitative estimate of drug-likeness (QED) is 0.809. The van der Waals surface area contributed by atoms with Gasteiger partial charge >= 0.3 is 6.09 Å². The molecule has 0 aromatic heterocycles. The second-order valence-corrected chi connectivity index (χ2v) is 7.72. The second-order valence-electron chi connectivity index (χ2n) is 7.72. The third kappa shape index (κ3) is 4.45. The van der Waals surface area contributed by atoms with Crippen molar-refractivity contribution in [2.75, 3.05) is 10.6 Å². The Kier molecular flexibility index (Phi) is 4.91. The average molecular weight is 370 g/mol. The highest BCUT2D eigenvalue weighted by molar-refractivity contribution is 6.02. The summed E-state index contributed by atoms with van der Waals surface area (Å²) in [7, 11) is 0. The van der Waals surface area contributed by atoms with Crippen molar-refractivity contribution < 1.29 is 18.7 Å². The van der Waals surface area contributed by atoms with Crippen LogP contribution in [0, 0.1) is 5.82 Å². The molecule has 142 valence electrons. The summed E-state index contributed by atoms with van der Waals surface area (Å²) in [5.74, 6) is -0.744. The first-order valence-corrected chi connectivity index (χ1v) is 8.86. The van der Waals surface area contributed by atoms with E-state index in [1.54, 1.807) is 20.8 Å². The topological polar surface area (TPSA) is 67.4 Å². The van der Waals surface area contributed by atoms with Gasteiger partial charge in [-0.15, -0.1) is 0 Å². The van der Waals surface area contributed by atoms with Crippen LogP contribution >= 0.6 is 0 Å². The molecule has 2 aromatic rings. The van der Waals surface area contributed by atoms with E-state index in [4.69, 9.17) is 4.74 Å². The van der Waals surface area contributed by atoms with Gasteiger partial charge < -0.3 is 10.1 Å². The maximum atomic E-state index is 14.0. The van der Waals surface area contributed by atoms with Gasteiger partial charge in [0, 0.05) is 5.69 Å². The molecule has 0 saturated heterocycles. The lowest BCUT2D eigenvalue weighted by Crippen LogP contribution is -2.28. The van der Waals surface area contributed by atoms with E-state index < -0.39 is 22.9 Å². The lowest BCUT2D eigenvalue weighted by Gasteiger charge is -2.20. The molecule has 0 atom stereocenters. The Morgan fingerprint density at radius 2 is 1.70 bits per heavy atom.